The van der Waals surface area contributed by atoms with Crippen LogP contribution in [0.15, 0.2) is 24.3 Å². The van der Waals surface area contributed by atoms with Crippen molar-refractivity contribution in [3.05, 3.63) is 52.6 Å². The largest absolute Gasteiger partial charge is 0.323 e. The molecular weight excluding hydrogens is 246 g/mol. The van der Waals surface area contributed by atoms with Gasteiger partial charge in [-0.15, -0.1) is 0 Å². The predicted molar refractivity (Wildman–Crippen MR) is 80.6 cm³/mol. The molecule has 0 unspecified atom stereocenters. The van der Waals surface area contributed by atoms with E-state index in [4.69, 9.17) is 0 Å². The summed E-state index contributed by atoms with van der Waals surface area (Å²) >= 11 is 0. The van der Waals surface area contributed by atoms with E-state index in [1.807, 2.05) is 18.5 Å². The second kappa shape index (κ2) is 5.92. The first kappa shape index (κ1) is 14.3. The minimum Gasteiger partial charge on any atom is -0.323 e. The van der Waals surface area contributed by atoms with Gasteiger partial charge in [0, 0.05) is 7.05 Å². The number of rotatable bonds is 4. The summed E-state index contributed by atoms with van der Waals surface area (Å²) in [6.45, 7) is 6.33. The highest BCUT2D eigenvalue weighted by molar-refractivity contribution is 5.31. The lowest BCUT2D eigenvalue weighted by molar-refractivity contribution is 0.844. The van der Waals surface area contributed by atoms with E-state index in [0.717, 1.165) is 24.4 Å². The fourth-order valence-corrected chi connectivity index (χ4v) is 2.32. The van der Waals surface area contributed by atoms with E-state index >= 15 is 0 Å². The summed E-state index contributed by atoms with van der Waals surface area (Å²) in [5, 5.41) is 9.20. The Balaban J connectivity index is 2.09. The number of hydrogen-bond donors (Lipinski definition) is 0. The molecule has 0 saturated carbocycles. The maximum absolute atomic E-state index is 9.20. The van der Waals surface area contributed by atoms with Gasteiger partial charge in [-0.2, -0.15) is 5.26 Å². The van der Waals surface area contributed by atoms with Crippen LogP contribution in [0.5, 0.6) is 0 Å². The Morgan fingerprint density at radius 3 is 2.40 bits per heavy atom. The zero-order valence-electron chi connectivity index (χ0n) is 12.6. The number of benzene rings is 1. The van der Waals surface area contributed by atoms with E-state index in [2.05, 4.69) is 49.2 Å². The van der Waals surface area contributed by atoms with Gasteiger partial charge in [0.2, 0.25) is 0 Å². The van der Waals surface area contributed by atoms with E-state index < -0.39 is 0 Å². The van der Waals surface area contributed by atoms with Crippen molar-refractivity contribution in [2.24, 2.45) is 7.05 Å². The van der Waals surface area contributed by atoms with Crippen molar-refractivity contribution >= 4 is 0 Å². The first-order valence-electron chi connectivity index (χ1n) is 7.04. The van der Waals surface area contributed by atoms with Crippen molar-refractivity contribution in [2.45, 2.75) is 39.5 Å². The Kier molecular flexibility index (Phi) is 4.24. The Morgan fingerprint density at radius 2 is 1.85 bits per heavy atom. The number of imidazole rings is 1. The summed E-state index contributed by atoms with van der Waals surface area (Å²) in [6, 6.07) is 11.0. The van der Waals surface area contributed by atoms with E-state index in [9.17, 15) is 5.26 Å². The van der Waals surface area contributed by atoms with Gasteiger partial charge in [-0.1, -0.05) is 38.1 Å². The third-order valence-electron chi connectivity index (χ3n) is 3.79. The highest BCUT2D eigenvalue weighted by Crippen LogP contribution is 2.17. The van der Waals surface area contributed by atoms with Crippen LogP contribution in [-0.2, 0) is 19.9 Å². The second-order valence-electron chi connectivity index (χ2n) is 5.52. The fraction of sp³-hybridized carbons (Fsp3) is 0.412. The predicted octanol–water partition coefficient (Wildman–Crippen LogP) is 3.51. The SMILES string of the molecule is Cc1nc(CCc2ccc(C(C)C)cc2)c(C#N)n1C. The molecule has 2 aromatic rings. The molecule has 0 amide bonds. The monoisotopic (exact) mass is 267 g/mol. The number of hydrogen-bond acceptors (Lipinski definition) is 2. The molecule has 20 heavy (non-hydrogen) atoms. The fourth-order valence-electron chi connectivity index (χ4n) is 2.32. The van der Waals surface area contributed by atoms with Crippen LogP contribution < -0.4 is 0 Å². The van der Waals surface area contributed by atoms with Crippen molar-refractivity contribution in [1.82, 2.24) is 9.55 Å². The molecular formula is C17H21N3. The molecule has 0 N–H and O–H groups in total. The molecule has 1 aromatic heterocycles. The molecule has 0 atom stereocenters. The third kappa shape index (κ3) is 2.91. The van der Waals surface area contributed by atoms with Gasteiger partial charge in [-0.25, -0.2) is 4.98 Å². The first-order chi connectivity index (χ1) is 9.52. The van der Waals surface area contributed by atoms with Crippen molar-refractivity contribution in [3.8, 4) is 6.07 Å². The quantitative estimate of drug-likeness (QED) is 0.850. The van der Waals surface area contributed by atoms with Gasteiger partial charge in [0.15, 0.2) is 0 Å². The summed E-state index contributed by atoms with van der Waals surface area (Å²) in [6.07, 6.45) is 1.73. The van der Waals surface area contributed by atoms with E-state index in [-0.39, 0.29) is 0 Å². The topological polar surface area (TPSA) is 41.6 Å². The average molecular weight is 267 g/mol. The standard InChI is InChI=1S/C17H21N3/c1-12(2)15-8-5-14(6-9-15)7-10-16-17(11-18)20(4)13(3)19-16/h5-6,8-9,12H,7,10H2,1-4H3. The Labute approximate surface area is 120 Å². The van der Waals surface area contributed by atoms with Crippen molar-refractivity contribution in [2.75, 3.05) is 0 Å². The summed E-state index contributed by atoms with van der Waals surface area (Å²) in [5.74, 6) is 1.46. The van der Waals surface area contributed by atoms with E-state index in [1.165, 1.54) is 11.1 Å². The number of nitriles is 1. The van der Waals surface area contributed by atoms with Crippen molar-refractivity contribution < 1.29 is 0 Å². The summed E-state index contributed by atoms with van der Waals surface area (Å²) < 4.78 is 1.86. The molecule has 0 aliphatic carbocycles. The normalized spacial score (nSPS) is 10.8. The zero-order chi connectivity index (χ0) is 14.7. The van der Waals surface area contributed by atoms with Gasteiger partial charge in [-0.3, -0.25) is 0 Å². The van der Waals surface area contributed by atoms with Gasteiger partial charge in [0.05, 0.1) is 5.69 Å². The third-order valence-corrected chi connectivity index (χ3v) is 3.79. The molecule has 0 aliphatic rings. The number of aryl methyl sites for hydroxylation is 3. The lowest BCUT2D eigenvalue weighted by Crippen LogP contribution is -1.98. The van der Waals surface area contributed by atoms with E-state index in [0.29, 0.717) is 11.6 Å². The van der Waals surface area contributed by atoms with Crippen LogP contribution in [0.25, 0.3) is 0 Å². The molecule has 0 saturated heterocycles. The number of nitrogens with zero attached hydrogens (tertiary/aromatic N) is 3. The molecule has 0 spiro atoms. The second-order valence-corrected chi connectivity index (χ2v) is 5.52. The molecule has 104 valence electrons. The van der Waals surface area contributed by atoms with Gasteiger partial charge < -0.3 is 4.57 Å². The van der Waals surface area contributed by atoms with Crippen LogP contribution in [0.2, 0.25) is 0 Å². The Bertz CT molecular complexity index is 627. The van der Waals surface area contributed by atoms with Crippen LogP contribution in [0.1, 0.15) is 48.1 Å². The summed E-state index contributed by atoms with van der Waals surface area (Å²) in [4.78, 5) is 4.48. The van der Waals surface area contributed by atoms with Crippen molar-refractivity contribution in [3.63, 3.8) is 0 Å². The summed E-state index contributed by atoms with van der Waals surface area (Å²) in [5.41, 5.74) is 4.24. The van der Waals surface area contributed by atoms with Crippen molar-refractivity contribution in [1.29, 1.82) is 5.26 Å². The van der Waals surface area contributed by atoms with Gasteiger partial charge in [0.1, 0.15) is 17.6 Å². The average Bonchev–Trinajstić information content (AvgIpc) is 2.71. The highest BCUT2D eigenvalue weighted by atomic mass is 15.1. The van der Waals surface area contributed by atoms with Crippen LogP contribution >= 0.6 is 0 Å². The molecule has 3 heteroatoms. The molecule has 2 rings (SSSR count). The van der Waals surface area contributed by atoms with Gasteiger partial charge in [-0.05, 0) is 36.8 Å². The summed E-state index contributed by atoms with van der Waals surface area (Å²) in [7, 11) is 1.89. The maximum atomic E-state index is 9.20. The highest BCUT2D eigenvalue weighted by Gasteiger charge is 2.11. The molecule has 1 heterocycles. The molecule has 1 aromatic carbocycles. The number of aromatic nitrogens is 2. The minimum atomic E-state index is 0.563. The smallest absolute Gasteiger partial charge is 0.143 e. The van der Waals surface area contributed by atoms with E-state index in [1.54, 1.807) is 0 Å². The molecule has 0 bridgehead atoms. The van der Waals surface area contributed by atoms with Gasteiger partial charge >= 0.3 is 0 Å². The molecule has 0 aliphatic heterocycles. The van der Waals surface area contributed by atoms with Crippen LogP contribution in [0.3, 0.4) is 0 Å². The molecule has 3 nitrogen and oxygen atoms in total. The minimum absolute atomic E-state index is 0.563. The maximum Gasteiger partial charge on any atom is 0.143 e. The molecule has 0 fully saturated rings. The first-order valence-corrected chi connectivity index (χ1v) is 7.04. The Morgan fingerprint density at radius 1 is 1.20 bits per heavy atom. The lowest BCUT2D eigenvalue weighted by Gasteiger charge is -2.06. The van der Waals surface area contributed by atoms with Crippen LogP contribution in [0.4, 0.5) is 0 Å². The zero-order valence-corrected chi connectivity index (χ0v) is 12.6. The Hall–Kier alpha value is -2.08. The molecule has 0 radical (unpaired) electrons. The van der Waals surface area contributed by atoms with Crippen LogP contribution in [0, 0.1) is 18.3 Å². The lowest BCUT2D eigenvalue weighted by atomic mass is 10.00. The van der Waals surface area contributed by atoms with Gasteiger partial charge in [0.25, 0.3) is 0 Å². The van der Waals surface area contributed by atoms with Crippen LogP contribution in [-0.4, -0.2) is 9.55 Å².